The number of H-pyrrole nitrogens is 1. The number of aromatic amines is 1. The first kappa shape index (κ1) is 15.6. The van der Waals surface area contributed by atoms with Crippen molar-refractivity contribution < 1.29 is 4.39 Å². The number of rotatable bonds is 4. The summed E-state index contributed by atoms with van der Waals surface area (Å²) in [4.78, 5) is 1.19. The highest BCUT2D eigenvalue weighted by molar-refractivity contribution is 7.98. The monoisotopic (exact) mass is 344 g/mol. The Balaban J connectivity index is 1.93. The molecule has 23 heavy (non-hydrogen) atoms. The maximum Gasteiger partial charge on any atom is 0.216 e. The Morgan fingerprint density at radius 1 is 1.17 bits per heavy atom. The molecule has 0 radical (unpaired) electrons. The van der Waals surface area contributed by atoms with Gasteiger partial charge in [0.2, 0.25) is 4.77 Å². The summed E-state index contributed by atoms with van der Waals surface area (Å²) in [6.45, 7) is 0. The molecule has 0 amide bonds. The van der Waals surface area contributed by atoms with Crippen molar-refractivity contribution in [1.29, 1.82) is 0 Å². The SMILES string of the molecule is CSc1ccc(/C=N/n2c(-c3ccc(F)cc3)n[nH]c2=S)cc1. The van der Waals surface area contributed by atoms with E-state index in [4.69, 9.17) is 12.2 Å². The van der Waals surface area contributed by atoms with E-state index in [1.165, 1.54) is 21.7 Å². The third kappa shape index (κ3) is 3.57. The van der Waals surface area contributed by atoms with Gasteiger partial charge in [-0.05, 0) is 60.4 Å². The standard InChI is InChI=1S/C16H13FN4S2/c1-23-14-8-2-11(3-9-14)10-18-21-15(19-20-16(21)22)12-4-6-13(17)7-5-12/h2-10H,1H3,(H,20,22)/b18-10+. The Morgan fingerprint density at radius 2 is 1.87 bits per heavy atom. The molecule has 1 N–H and O–H groups in total. The van der Waals surface area contributed by atoms with Crippen molar-refractivity contribution in [3.63, 3.8) is 0 Å². The molecule has 0 saturated carbocycles. The Bertz CT molecular complexity index is 880. The molecule has 0 aliphatic rings. The molecule has 0 fully saturated rings. The molecular weight excluding hydrogens is 331 g/mol. The van der Waals surface area contributed by atoms with Gasteiger partial charge in [0.1, 0.15) is 5.82 Å². The summed E-state index contributed by atoms with van der Waals surface area (Å²) in [5, 5.41) is 11.3. The fourth-order valence-corrected chi connectivity index (χ4v) is 2.59. The van der Waals surface area contributed by atoms with Crippen molar-refractivity contribution in [2.75, 3.05) is 6.26 Å². The van der Waals surface area contributed by atoms with Crippen LogP contribution in [0, 0.1) is 10.6 Å². The second-order valence-electron chi connectivity index (χ2n) is 4.69. The molecule has 116 valence electrons. The van der Waals surface area contributed by atoms with E-state index in [0.29, 0.717) is 10.6 Å². The lowest BCUT2D eigenvalue weighted by atomic mass is 10.2. The first-order chi connectivity index (χ1) is 11.2. The largest absolute Gasteiger partial charge is 0.250 e. The minimum atomic E-state index is -0.299. The number of benzene rings is 2. The summed E-state index contributed by atoms with van der Waals surface area (Å²) in [5.41, 5.74) is 1.68. The Hall–Kier alpha value is -2.25. The molecular formula is C16H13FN4S2. The van der Waals surface area contributed by atoms with Crippen molar-refractivity contribution in [2.45, 2.75) is 4.90 Å². The van der Waals surface area contributed by atoms with Crippen LogP contribution in [0.25, 0.3) is 11.4 Å². The Kier molecular flexibility index (Phi) is 4.68. The number of nitrogens with zero attached hydrogens (tertiary/aromatic N) is 3. The van der Waals surface area contributed by atoms with Crippen molar-refractivity contribution in [1.82, 2.24) is 14.9 Å². The number of thioether (sulfide) groups is 1. The fourth-order valence-electron chi connectivity index (χ4n) is 2.00. The maximum atomic E-state index is 13.1. The molecule has 0 bridgehead atoms. The second-order valence-corrected chi connectivity index (χ2v) is 5.96. The van der Waals surface area contributed by atoms with Gasteiger partial charge in [0.15, 0.2) is 5.82 Å². The first-order valence-electron chi connectivity index (χ1n) is 6.79. The number of aromatic nitrogens is 3. The van der Waals surface area contributed by atoms with E-state index in [9.17, 15) is 4.39 Å². The van der Waals surface area contributed by atoms with Crippen molar-refractivity contribution in [3.8, 4) is 11.4 Å². The van der Waals surface area contributed by atoms with E-state index >= 15 is 0 Å². The van der Waals surface area contributed by atoms with Gasteiger partial charge in [-0.1, -0.05) is 12.1 Å². The molecule has 0 atom stereocenters. The maximum absolute atomic E-state index is 13.1. The van der Waals surface area contributed by atoms with Crippen LogP contribution in [0.1, 0.15) is 5.56 Å². The molecule has 3 aromatic rings. The zero-order valence-corrected chi connectivity index (χ0v) is 13.9. The van der Waals surface area contributed by atoms with Crippen molar-refractivity contribution in [3.05, 3.63) is 64.7 Å². The van der Waals surface area contributed by atoms with Crippen LogP contribution in [-0.2, 0) is 0 Å². The minimum absolute atomic E-state index is 0.299. The van der Waals surface area contributed by atoms with Gasteiger partial charge < -0.3 is 0 Å². The molecule has 1 heterocycles. The molecule has 4 nitrogen and oxygen atoms in total. The van der Waals surface area contributed by atoms with Crippen LogP contribution >= 0.6 is 24.0 Å². The van der Waals surface area contributed by atoms with Crippen LogP contribution in [0.5, 0.6) is 0 Å². The van der Waals surface area contributed by atoms with Crippen molar-refractivity contribution in [2.24, 2.45) is 5.10 Å². The third-order valence-corrected chi connectivity index (χ3v) is 4.20. The molecule has 0 aliphatic carbocycles. The van der Waals surface area contributed by atoms with Gasteiger partial charge in [0, 0.05) is 10.5 Å². The van der Waals surface area contributed by atoms with E-state index in [0.717, 1.165) is 11.1 Å². The Labute approximate surface area is 142 Å². The van der Waals surface area contributed by atoms with E-state index < -0.39 is 0 Å². The highest BCUT2D eigenvalue weighted by atomic mass is 32.2. The van der Waals surface area contributed by atoms with E-state index in [1.54, 1.807) is 30.1 Å². The van der Waals surface area contributed by atoms with E-state index in [2.05, 4.69) is 15.3 Å². The smallest absolute Gasteiger partial charge is 0.216 e. The average molecular weight is 344 g/mol. The summed E-state index contributed by atoms with van der Waals surface area (Å²) in [6.07, 6.45) is 3.74. The normalized spacial score (nSPS) is 11.2. The summed E-state index contributed by atoms with van der Waals surface area (Å²) >= 11 is 6.89. The lowest BCUT2D eigenvalue weighted by Crippen LogP contribution is -1.95. The van der Waals surface area contributed by atoms with Gasteiger partial charge in [0.25, 0.3) is 0 Å². The topological polar surface area (TPSA) is 46.0 Å². The van der Waals surface area contributed by atoms with Crippen LogP contribution in [0.4, 0.5) is 4.39 Å². The lowest BCUT2D eigenvalue weighted by molar-refractivity contribution is 0.628. The average Bonchev–Trinajstić information content (AvgIpc) is 2.95. The van der Waals surface area contributed by atoms with Gasteiger partial charge in [-0.3, -0.25) is 0 Å². The molecule has 0 spiro atoms. The zero-order valence-electron chi connectivity index (χ0n) is 12.2. The van der Waals surface area contributed by atoms with Crippen LogP contribution in [-0.4, -0.2) is 27.3 Å². The van der Waals surface area contributed by atoms with Gasteiger partial charge in [-0.25, -0.2) is 9.49 Å². The molecule has 1 aromatic heterocycles. The van der Waals surface area contributed by atoms with Crippen LogP contribution in [0.3, 0.4) is 0 Å². The molecule has 0 unspecified atom stereocenters. The summed E-state index contributed by atoms with van der Waals surface area (Å²) in [7, 11) is 0. The predicted molar refractivity (Wildman–Crippen MR) is 94.0 cm³/mol. The first-order valence-corrected chi connectivity index (χ1v) is 8.42. The number of nitrogens with one attached hydrogen (secondary N) is 1. The Morgan fingerprint density at radius 3 is 2.52 bits per heavy atom. The predicted octanol–water partition coefficient (Wildman–Crippen LogP) is 4.35. The molecule has 0 saturated heterocycles. The summed E-state index contributed by atoms with van der Waals surface area (Å²) < 4.78 is 14.9. The van der Waals surface area contributed by atoms with Crippen LogP contribution in [0.15, 0.2) is 58.5 Å². The molecule has 3 rings (SSSR count). The number of hydrogen-bond donors (Lipinski definition) is 1. The summed E-state index contributed by atoms with van der Waals surface area (Å²) in [5.74, 6) is 0.235. The van der Waals surface area contributed by atoms with Gasteiger partial charge >= 0.3 is 0 Å². The quantitative estimate of drug-likeness (QED) is 0.435. The van der Waals surface area contributed by atoms with Gasteiger partial charge in [-0.15, -0.1) is 11.8 Å². The zero-order chi connectivity index (χ0) is 16.2. The van der Waals surface area contributed by atoms with E-state index in [-0.39, 0.29) is 5.82 Å². The van der Waals surface area contributed by atoms with Gasteiger partial charge in [0.05, 0.1) is 6.21 Å². The molecule has 0 aliphatic heterocycles. The molecule has 7 heteroatoms. The lowest BCUT2D eigenvalue weighted by Gasteiger charge is -2.01. The number of hydrogen-bond acceptors (Lipinski definition) is 4. The van der Waals surface area contributed by atoms with Crippen LogP contribution in [0.2, 0.25) is 0 Å². The fraction of sp³-hybridized carbons (Fsp3) is 0.0625. The second kappa shape index (κ2) is 6.89. The number of halogens is 1. The highest BCUT2D eigenvalue weighted by Crippen LogP contribution is 2.18. The van der Waals surface area contributed by atoms with Crippen molar-refractivity contribution >= 4 is 30.2 Å². The molecule has 2 aromatic carbocycles. The third-order valence-electron chi connectivity index (χ3n) is 3.19. The van der Waals surface area contributed by atoms with Crippen LogP contribution < -0.4 is 0 Å². The minimum Gasteiger partial charge on any atom is -0.250 e. The summed E-state index contributed by atoms with van der Waals surface area (Å²) in [6, 6.07) is 14.1. The van der Waals surface area contributed by atoms with E-state index in [1.807, 2.05) is 30.5 Å². The highest BCUT2D eigenvalue weighted by Gasteiger charge is 2.08. The van der Waals surface area contributed by atoms with Gasteiger partial charge in [-0.2, -0.15) is 14.9 Å².